The summed E-state index contributed by atoms with van der Waals surface area (Å²) in [6.07, 6.45) is 1.94. The van der Waals surface area contributed by atoms with E-state index in [-0.39, 0.29) is 5.41 Å². The van der Waals surface area contributed by atoms with Crippen molar-refractivity contribution in [2.45, 2.75) is 26.2 Å². The third-order valence-corrected chi connectivity index (χ3v) is 3.94. The highest BCUT2D eigenvalue weighted by Crippen LogP contribution is 2.33. The van der Waals surface area contributed by atoms with Crippen molar-refractivity contribution in [1.29, 1.82) is 0 Å². The summed E-state index contributed by atoms with van der Waals surface area (Å²) < 4.78 is 0. The summed E-state index contributed by atoms with van der Waals surface area (Å²) in [5.41, 5.74) is 3.46. The Morgan fingerprint density at radius 2 is 1.82 bits per heavy atom. The van der Waals surface area contributed by atoms with Crippen molar-refractivity contribution in [3.05, 3.63) is 41.5 Å². The molecule has 0 bridgehead atoms. The monoisotopic (exact) mass is 247 g/mol. The molecule has 0 aliphatic carbocycles. The molecule has 0 saturated heterocycles. The van der Waals surface area contributed by atoms with Crippen LogP contribution in [0.2, 0.25) is 0 Å². The van der Waals surface area contributed by atoms with Gasteiger partial charge in [-0.05, 0) is 22.6 Å². The molecule has 17 heavy (non-hydrogen) atoms. The Kier molecular flexibility index (Phi) is 3.29. The largest absolute Gasteiger partial charge is 0.411 e. The van der Waals surface area contributed by atoms with Crippen LogP contribution in [0.5, 0.6) is 0 Å². The van der Waals surface area contributed by atoms with Gasteiger partial charge in [0.25, 0.3) is 0 Å². The SMILES string of the molecule is CC(C)(C)c1ccc(C2=C/C(=N\O)CS2)cc1. The van der Waals surface area contributed by atoms with Crippen LogP contribution in [0.3, 0.4) is 0 Å². The maximum atomic E-state index is 8.71. The lowest BCUT2D eigenvalue weighted by Crippen LogP contribution is -2.10. The van der Waals surface area contributed by atoms with Crippen molar-refractivity contribution in [1.82, 2.24) is 0 Å². The van der Waals surface area contributed by atoms with Crippen LogP contribution in [-0.2, 0) is 5.41 Å². The number of allylic oxidation sites excluding steroid dienone is 1. The van der Waals surface area contributed by atoms with Crippen LogP contribution in [-0.4, -0.2) is 16.7 Å². The van der Waals surface area contributed by atoms with Crippen LogP contribution >= 0.6 is 11.8 Å². The van der Waals surface area contributed by atoms with Crippen LogP contribution in [0, 0.1) is 0 Å². The van der Waals surface area contributed by atoms with E-state index < -0.39 is 0 Å². The molecule has 3 heteroatoms. The van der Waals surface area contributed by atoms with E-state index in [4.69, 9.17) is 5.21 Å². The second kappa shape index (κ2) is 4.57. The lowest BCUT2D eigenvalue weighted by Gasteiger charge is -2.19. The molecule has 0 atom stereocenters. The third kappa shape index (κ3) is 2.72. The van der Waals surface area contributed by atoms with E-state index in [1.54, 1.807) is 11.8 Å². The first-order valence-electron chi connectivity index (χ1n) is 5.67. The van der Waals surface area contributed by atoms with Gasteiger partial charge in [0.2, 0.25) is 0 Å². The fourth-order valence-electron chi connectivity index (χ4n) is 1.75. The second-order valence-electron chi connectivity index (χ2n) is 5.22. The Balaban J connectivity index is 2.25. The van der Waals surface area contributed by atoms with E-state index in [1.807, 2.05) is 6.08 Å². The zero-order valence-corrected chi connectivity index (χ0v) is 11.2. The van der Waals surface area contributed by atoms with Crippen molar-refractivity contribution < 1.29 is 5.21 Å². The second-order valence-corrected chi connectivity index (χ2v) is 6.23. The molecule has 0 radical (unpaired) electrons. The van der Waals surface area contributed by atoms with Crippen LogP contribution in [0.4, 0.5) is 0 Å². The van der Waals surface area contributed by atoms with Gasteiger partial charge in [-0.1, -0.05) is 50.2 Å². The van der Waals surface area contributed by atoms with Crippen LogP contribution in [0.15, 0.2) is 35.5 Å². The molecular weight excluding hydrogens is 230 g/mol. The summed E-state index contributed by atoms with van der Waals surface area (Å²) in [6.45, 7) is 6.63. The number of hydrogen-bond donors (Lipinski definition) is 1. The number of hydrogen-bond acceptors (Lipinski definition) is 3. The maximum Gasteiger partial charge on any atom is 0.0909 e. The molecule has 0 spiro atoms. The molecule has 1 aliphatic rings. The zero-order valence-electron chi connectivity index (χ0n) is 10.4. The molecule has 0 amide bonds. The summed E-state index contributed by atoms with van der Waals surface area (Å²) in [5.74, 6) is 0.757. The standard InChI is InChI=1S/C14H17NOS/c1-14(2,3)11-6-4-10(5-7-11)13-8-12(15-16)9-17-13/h4-8,16H,9H2,1-3H3/b15-12+. The molecule has 0 unspecified atom stereocenters. The third-order valence-electron chi connectivity index (χ3n) is 2.84. The Hall–Kier alpha value is -1.22. The Morgan fingerprint density at radius 1 is 1.18 bits per heavy atom. The lowest BCUT2D eigenvalue weighted by atomic mass is 9.87. The summed E-state index contributed by atoms with van der Waals surface area (Å²) in [7, 11) is 0. The fourth-order valence-corrected chi connectivity index (χ4v) is 2.71. The molecule has 1 aromatic rings. The van der Waals surface area contributed by atoms with Gasteiger partial charge < -0.3 is 5.21 Å². The van der Waals surface area contributed by atoms with Gasteiger partial charge in [0, 0.05) is 10.7 Å². The molecule has 1 aliphatic heterocycles. The predicted octanol–water partition coefficient (Wildman–Crippen LogP) is 3.90. The van der Waals surface area contributed by atoms with E-state index >= 15 is 0 Å². The first kappa shape index (κ1) is 12.2. The van der Waals surface area contributed by atoms with E-state index in [1.165, 1.54) is 16.0 Å². The minimum atomic E-state index is 0.188. The first-order valence-corrected chi connectivity index (χ1v) is 6.65. The van der Waals surface area contributed by atoms with E-state index in [0.717, 1.165) is 11.5 Å². The molecule has 1 heterocycles. The highest BCUT2D eigenvalue weighted by Gasteiger charge is 2.16. The number of nitrogens with zero attached hydrogens (tertiary/aromatic N) is 1. The van der Waals surface area contributed by atoms with Gasteiger partial charge in [-0.3, -0.25) is 0 Å². The van der Waals surface area contributed by atoms with Crippen LogP contribution in [0.1, 0.15) is 31.9 Å². The van der Waals surface area contributed by atoms with Crippen molar-refractivity contribution in [2.75, 3.05) is 5.75 Å². The Morgan fingerprint density at radius 3 is 2.29 bits per heavy atom. The highest BCUT2D eigenvalue weighted by molar-refractivity contribution is 8.09. The smallest absolute Gasteiger partial charge is 0.0909 e. The zero-order chi connectivity index (χ0) is 12.5. The summed E-state index contributed by atoms with van der Waals surface area (Å²) in [5, 5.41) is 12.0. The van der Waals surface area contributed by atoms with Crippen molar-refractivity contribution in [3.8, 4) is 0 Å². The van der Waals surface area contributed by atoms with Gasteiger partial charge in [-0.25, -0.2) is 0 Å². The van der Waals surface area contributed by atoms with Gasteiger partial charge in [-0.2, -0.15) is 0 Å². The first-order chi connectivity index (χ1) is 8.00. The van der Waals surface area contributed by atoms with Crippen LogP contribution in [0.25, 0.3) is 4.91 Å². The van der Waals surface area contributed by atoms with E-state index in [0.29, 0.717) is 0 Å². The van der Waals surface area contributed by atoms with Crippen molar-refractivity contribution >= 4 is 22.4 Å². The molecule has 1 aromatic carbocycles. The number of benzene rings is 1. The van der Waals surface area contributed by atoms with E-state index in [9.17, 15) is 0 Å². The number of oxime groups is 1. The maximum absolute atomic E-state index is 8.71. The van der Waals surface area contributed by atoms with Gasteiger partial charge in [-0.15, -0.1) is 11.8 Å². The molecular formula is C14H17NOS. The lowest BCUT2D eigenvalue weighted by molar-refractivity contribution is 0.319. The summed E-state index contributed by atoms with van der Waals surface area (Å²) in [4.78, 5) is 1.18. The quantitative estimate of drug-likeness (QED) is 0.603. The average Bonchev–Trinajstić information content (AvgIpc) is 2.76. The van der Waals surface area contributed by atoms with Crippen molar-refractivity contribution in [3.63, 3.8) is 0 Å². The Labute approximate surface area is 106 Å². The predicted molar refractivity (Wildman–Crippen MR) is 74.8 cm³/mol. The number of thioether (sulfide) groups is 1. The van der Waals surface area contributed by atoms with Gasteiger partial charge in [0.05, 0.1) is 5.71 Å². The fraction of sp³-hybridized carbons (Fsp3) is 0.357. The molecule has 2 rings (SSSR count). The Bertz CT molecular complexity index is 466. The minimum Gasteiger partial charge on any atom is -0.411 e. The van der Waals surface area contributed by atoms with Crippen molar-refractivity contribution in [2.24, 2.45) is 5.16 Å². The summed E-state index contributed by atoms with van der Waals surface area (Å²) >= 11 is 1.71. The van der Waals surface area contributed by atoms with Gasteiger partial charge >= 0.3 is 0 Å². The van der Waals surface area contributed by atoms with Gasteiger partial charge in [0.1, 0.15) is 0 Å². The van der Waals surface area contributed by atoms with Crippen LogP contribution < -0.4 is 0 Å². The minimum absolute atomic E-state index is 0.188. The topological polar surface area (TPSA) is 32.6 Å². The average molecular weight is 247 g/mol. The molecule has 0 saturated carbocycles. The highest BCUT2D eigenvalue weighted by atomic mass is 32.2. The van der Waals surface area contributed by atoms with E-state index in [2.05, 4.69) is 50.2 Å². The molecule has 0 aromatic heterocycles. The summed E-state index contributed by atoms with van der Waals surface area (Å²) in [6, 6.07) is 8.62. The van der Waals surface area contributed by atoms with Gasteiger partial charge in [0.15, 0.2) is 0 Å². The normalized spacial score (nSPS) is 18.5. The molecule has 1 N–H and O–H groups in total. The molecule has 0 fully saturated rings. The number of rotatable bonds is 1. The molecule has 90 valence electrons. The molecule has 2 nitrogen and oxygen atoms in total.